The Balaban J connectivity index is 2.17. The lowest BCUT2D eigenvalue weighted by molar-refractivity contribution is -0.137. The fourth-order valence-corrected chi connectivity index (χ4v) is 2.19. The average molecular weight is 380 g/mol. The van der Waals surface area contributed by atoms with E-state index in [2.05, 4.69) is 10.6 Å². The van der Waals surface area contributed by atoms with Crippen molar-refractivity contribution in [3.8, 4) is 5.75 Å². The third-order valence-electron chi connectivity index (χ3n) is 3.56. The largest absolute Gasteiger partial charge is 0.497 e. The Bertz CT molecular complexity index is 887. The van der Waals surface area contributed by atoms with Crippen LogP contribution in [0.3, 0.4) is 0 Å². The summed E-state index contributed by atoms with van der Waals surface area (Å²) in [6, 6.07) is 16.0. The second-order valence-corrected chi connectivity index (χ2v) is 5.64. The van der Waals surface area contributed by atoms with Gasteiger partial charge in [0.15, 0.2) is 0 Å². The first kappa shape index (κ1) is 20.4. The SMILES string of the molecule is COc1ccc(/C=C(\NC(=O)/C=C/c2ccccc2)C(=O)NCC(=O)O)cc1. The van der Waals surface area contributed by atoms with Gasteiger partial charge in [-0.15, -0.1) is 0 Å². The summed E-state index contributed by atoms with van der Waals surface area (Å²) >= 11 is 0. The number of aliphatic carboxylic acids is 1. The van der Waals surface area contributed by atoms with Gasteiger partial charge in [0.25, 0.3) is 5.91 Å². The van der Waals surface area contributed by atoms with Crippen molar-refractivity contribution in [2.45, 2.75) is 0 Å². The van der Waals surface area contributed by atoms with E-state index in [9.17, 15) is 14.4 Å². The zero-order chi connectivity index (χ0) is 20.4. The zero-order valence-corrected chi connectivity index (χ0v) is 15.2. The number of ether oxygens (including phenoxy) is 1. The number of hydrogen-bond acceptors (Lipinski definition) is 4. The average Bonchev–Trinajstić information content (AvgIpc) is 2.71. The van der Waals surface area contributed by atoms with Gasteiger partial charge in [-0.3, -0.25) is 14.4 Å². The van der Waals surface area contributed by atoms with Gasteiger partial charge in [-0.05, 0) is 35.4 Å². The molecule has 0 spiro atoms. The van der Waals surface area contributed by atoms with Gasteiger partial charge < -0.3 is 20.5 Å². The Morgan fingerprint density at radius 2 is 1.68 bits per heavy atom. The maximum Gasteiger partial charge on any atom is 0.322 e. The maximum absolute atomic E-state index is 12.3. The van der Waals surface area contributed by atoms with Gasteiger partial charge in [0.1, 0.15) is 18.0 Å². The number of carboxylic acids is 1. The molecule has 2 amide bonds. The molecule has 28 heavy (non-hydrogen) atoms. The Kier molecular flexibility index (Phi) is 7.53. The molecule has 0 aromatic heterocycles. The van der Waals surface area contributed by atoms with Crippen molar-refractivity contribution >= 4 is 29.9 Å². The molecule has 7 nitrogen and oxygen atoms in total. The predicted molar refractivity (Wildman–Crippen MR) is 105 cm³/mol. The van der Waals surface area contributed by atoms with Crippen molar-refractivity contribution in [2.75, 3.05) is 13.7 Å². The highest BCUT2D eigenvalue weighted by atomic mass is 16.5. The maximum atomic E-state index is 12.3. The minimum atomic E-state index is -1.19. The second-order valence-electron chi connectivity index (χ2n) is 5.64. The van der Waals surface area contributed by atoms with E-state index in [1.165, 1.54) is 19.3 Å². The van der Waals surface area contributed by atoms with Gasteiger partial charge in [-0.2, -0.15) is 0 Å². The van der Waals surface area contributed by atoms with Crippen LogP contribution in [0.4, 0.5) is 0 Å². The highest BCUT2D eigenvalue weighted by Gasteiger charge is 2.13. The van der Waals surface area contributed by atoms with Crippen LogP contribution in [0.1, 0.15) is 11.1 Å². The number of rotatable bonds is 8. The minimum Gasteiger partial charge on any atom is -0.497 e. The summed E-state index contributed by atoms with van der Waals surface area (Å²) in [6.07, 6.45) is 4.35. The third-order valence-corrected chi connectivity index (χ3v) is 3.56. The Hall–Kier alpha value is -3.87. The van der Waals surface area contributed by atoms with Crippen molar-refractivity contribution < 1.29 is 24.2 Å². The summed E-state index contributed by atoms with van der Waals surface area (Å²) < 4.78 is 5.08. The fourth-order valence-electron chi connectivity index (χ4n) is 2.19. The van der Waals surface area contributed by atoms with Gasteiger partial charge in [0.2, 0.25) is 5.91 Å². The van der Waals surface area contributed by atoms with E-state index in [-0.39, 0.29) is 5.70 Å². The second kappa shape index (κ2) is 10.3. The molecule has 0 fully saturated rings. The van der Waals surface area contributed by atoms with Gasteiger partial charge >= 0.3 is 5.97 Å². The molecule has 2 rings (SSSR count). The minimum absolute atomic E-state index is 0.0749. The Morgan fingerprint density at radius 1 is 1.00 bits per heavy atom. The van der Waals surface area contributed by atoms with Gasteiger partial charge in [-0.25, -0.2) is 0 Å². The highest BCUT2D eigenvalue weighted by molar-refractivity contribution is 6.04. The molecule has 3 N–H and O–H groups in total. The molecule has 0 aliphatic rings. The van der Waals surface area contributed by atoms with Crippen LogP contribution in [0.5, 0.6) is 5.75 Å². The molecule has 0 aliphatic carbocycles. The normalized spacial score (nSPS) is 11.1. The van der Waals surface area contributed by atoms with Gasteiger partial charge in [0.05, 0.1) is 7.11 Å². The predicted octanol–water partition coefficient (Wildman–Crippen LogP) is 2.07. The van der Waals surface area contributed by atoms with Gasteiger partial charge in [0, 0.05) is 6.08 Å². The highest BCUT2D eigenvalue weighted by Crippen LogP contribution is 2.13. The van der Waals surface area contributed by atoms with Crippen molar-refractivity contribution in [1.82, 2.24) is 10.6 Å². The molecule has 0 saturated heterocycles. The van der Waals surface area contributed by atoms with E-state index in [4.69, 9.17) is 9.84 Å². The van der Waals surface area contributed by atoms with E-state index >= 15 is 0 Å². The Labute approximate surface area is 162 Å². The molecule has 0 aliphatic heterocycles. The first-order valence-electron chi connectivity index (χ1n) is 8.38. The lowest BCUT2D eigenvalue weighted by Crippen LogP contribution is -2.36. The van der Waals surface area contributed by atoms with Crippen LogP contribution in [-0.2, 0) is 14.4 Å². The number of hydrogen-bond donors (Lipinski definition) is 3. The van der Waals surface area contributed by atoms with E-state index < -0.39 is 24.3 Å². The molecule has 0 atom stereocenters. The molecule has 0 radical (unpaired) electrons. The lowest BCUT2D eigenvalue weighted by atomic mass is 10.1. The number of benzene rings is 2. The lowest BCUT2D eigenvalue weighted by Gasteiger charge is -2.09. The topological polar surface area (TPSA) is 105 Å². The number of nitrogens with one attached hydrogen (secondary N) is 2. The summed E-state index contributed by atoms with van der Waals surface area (Å²) in [7, 11) is 1.54. The van der Waals surface area contributed by atoms with Crippen LogP contribution in [0, 0.1) is 0 Å². The molecule has 0 bridgehead atoms. The monoisotopic (exact) mass is 380 g/mol. The first-order valence-corrected chi connectivity index (χ1v) is 8.38. The van der Waals surface area contributed by atoms with E-state index in [1.54, 1.807) is 30.3 Å². The zero-order valence-electron chi connectivity index (χ0n) is 15.2. The number of amides is 2. The number of carbonyl (C=O) groups excluding carboxylic acids is 2. The van der Waals surface area contributed by atoms with Crippen LogP contribution < -0.4 is 15.4 Å². The van der Waals surface area contributed by atoms with Crippen LogP contribution in [0.25, 0.3) is 12.2 Å². The van der Waals surface area contributed by atoms with Crippen molar-refractivity contribution in [2.24, 2.45) is 0 Å². The Morgan fingerprint density at radius 3 is 2.29 bits per heavy atom. The van der Waals surface area contributed by atoms with Crippen LogP contribution >= 0.6 is 0 Å². The standard InChI is InChI=1S/C21H20N2O5/c1-28-17-10-7-16(8-11-17)13-18(21(27)22-14-20(25)26)23-19(24)12-9-15-5-3-2-4-6-15/h2-13H,14H2,1H3,(H,22,27)(H,23,24)(H,25,26)/b12-9+,18-13-. The summed E-state index contributed by atoms with van der Waals surface area (Å²) in [5.41, 5.74) is 1.39. The molecular weight excluding hydrogens is 360 g/mol. The third kappa shape index (κ3) is 6.80. The molecule has 0 heterocycles. The smallest absolute Gasteiger partial charge is 0.322 e. The first-order chi connectivity index (χ1) is 13.5. The molecule has 0 unspecified atom stereocenters. The fraction of sp³-hybridized carbons (Fsp3) is 0.0952. The quantitative estimate of drug-likeness (QED) is 0.608. The number of carbonyl (C=O) groups is 3. The number of carboxylic acid groups (broad SMARTS) is 1. The van der Waals surface area contributed by atoms with Crippen LogP contribution in [0.15, 0.2) is 66.4 Å². The summed E-state index contributed by atoms with van der Waals surface area (Å²) in [5, 5.41) is 13.5. The summed E-state index contributed by atoms with van der Waals surface area (Å²) in [5.74, 6) is -1.77. The molecule has 2 aromatic carbocycles. The van der Waals surface area contributed by atoms with Crippen molar-refractivity contribution in [3.63, 3.8) is 0 Å². The van der Waals surface area contributed by atoms with E-state index in [0.29, 0.717) is 11.3 Å². The van der Waals surface area contributed by atoms with Gasteiger partial charge in [-0.1, -0.05) is 42.5 Å². The van der Waals surface area contributed by atoms with E-state index in [0.717, 1.165) is 5.56 Å². The summed E-state index contributed by atoms with van der Waals surface area (Å²) in [4.78, 5) is 35.2. The molecular formula is C21H20N2O5. The molecule has 144 valence electrons. The summed E-state index contributed by atoms with van der Waals surface area (Å²) in [6.45, 7) is -0.561. The number of methoxy groups -OCH3 is 1. The van der Waals surface area contributed by atoms with Crippen molar-refractivity contribution in [3.05, 3.63) is 77.5 Å². The molecule has 0 saturated carbocycles. The van der Waals surface area contributed by atoms with E-state index in [1.807, 2.05) is 30.3 Å². The molecule has 2 aromatic rings. The van der Waals surface area contributed by atoms with Crippen LogP contribution in [0.2, 0.25) is 0 Å². The van der Waals surface area contributed by atoms with Crippen molar-refractivity contribution in [1.29, 1.82) is 0 Å². The van der Waals surface area contributed by atoms with Crippen LogP contribution in [-0.4, -0.2) is 36.5 Å². The molecule has 7 heteroatoms.